The summed E-state index contributed by atoms with van der Waals surface area (Å²) in [7, 11) is 0. The molecule has 0 saturated heterocycles. The highest BCUT2D eigenvalue weighted by atomic mass is 79.9. The normalized spacial score (nSPS) is 11.0. The van der Waals surface area contributed by atoms with E-state index in [1.165, 1.54) is 12.3 Å². The molecule has 0 saturated carbocycles. The standard InChI is InChI=1S/C19H20BrN3O4/c1-12(2)15-6-4-13(3)8-18(15)27-11-19(24)22-21-10-14-5-7-16(20)17(9-14)23(25)26/h4-10,12H,11H2,1-3H3,(H,22,24)/b21-10+. The fraction of sp³-hybridized carbons (Fsp3) is 0.263. The lowest BCUT2D eigenvalue weighted by Gasteiger charge is -2.14. The van der Waals surface area contributed by atoms with Crippen molar-refractivity contribution < 1.29 is 14.5 Å². The van der Waals surface area contributed by atoms with Gasteiger partial charge in [0.05, 0.1) is 15.6 Å². The van der Waals surface area contributed by atoms with Gasteiger partial charge in [-0.3, -0.25) is 14.9 Å². The fourth-order valence-electron chi connectivity index (χ4n) is 2.35. The molecule has 0 fully saturated rings. The molecule has 0 aromatic heterocycles. The highest BCUT2D eigenvalue weighted by Crippen LogP contribution is 2.27. The van der Waals surface area contributed by atoms with E-state index >= 15 is 0 Å². The largest absolute Gasteiger partial charge is 0.483 e. The minimum atomic E-state index is -0.498. The van der Waals surface area contributed by atoms with Crippen LogP contribution in [0.25, 0.3) is 0 Å². The molecule has 1 amide bonds. The third-order valence-corrected chi connectivity index (χ3v) is 4.39. The molecular weight excluding hydrogens is 414 g/mol. The summed E-state index contributed by atoms with van der Waals surface area (Å²) in [6.45, 7) is 5.89. The van der Waals surface area contributed by atoms with Crippen LogP contribution in [-0.4, -0.2) is 23.7 Å². The average Bonchev–Trinajstić information content (AvgIpc) is 2.61. The zero-order chi connectivity index (χ0) is 20.0. The van der Waals surface area contributed by atoms with E-state index in [0.717, 1.165) is 11.1 Å². The van der Waals surface area contributed by atoms with E-state index in [1.807, 2.05) is 25.1 Å². The molecule has 2 rings (SSSR count). The quantitative estimate of drug-likeness (QED) is 0.399. The lowest BCUT2D eigenvalue weighted by atomic mass is 10.0. The van der Waals surface area contributed by atoms with Crippen molar-refractivity contribution in [2.75, 3.05) is 6.61 Å². The Balaban J connectivity index is 1.96. The molecule has 0 bridgehead atoms. The van der Waals surface area contributed by atoms with Gasteiger partial charge in [-0.2, -0.15) is 5.10 Å². The summed E-state index contributed by atoms with van der Waals surface area (Å²) >= 11 is 3.11. The number of halogens is 1. The predicted octanol–water partition coefficient (Wildman–Crippen LogP) is 4.32. The van der Waals surface area contributed by atoms with E-state index < -0.39 is 10.8 Å². The number of nitrogens with one attached hydrogen (secondary N) is 1. The Bertz CT molecular complexity index is 881. The van der Waals surface area contributed by atoms with Crippen molar-refractivity contribution in [2.24, 2.45) is 5.10 Å². The second-order valence-corrected chi connectivity index (χ2v) is 7.10. The molecule has 2 aromatic rings. The van der Waals surface area contributed by atoms with Crippen LogP contribution in [0.15, 0.2) is 46.0 Å². The van der Waals surface area contributed by atoms with Crippen molar-refractivity contribution in [3.8, 4) is 5.75 Å². The van der Waals surface area contributed by atoms with Gasteiger partial charge in [0, 0.05) is 11.6 Å². The van der Waals surface area contributed by atoms with Gasteiger partial charge < -0.3 is 4.74 Å². The third kappa shape index (κ3) is 5.89. The van der Waals surface area contributed by atoms with Crippen LogP contribution in [0.2, 0.25) is 0 Å². The van der Waals surface area contributed by atoms with E-state index in [4.69, 9.17) is 4.74 Å². The molecule has 0 aliphatic carbocycles. The molecule has 7 nitrogen and oxygen atoms in total. The smallest absolute Gasteiger partial charge is 0.284 e. The Morgan fingerprint density at radius 3 is 2.74 bits per heavy atom. The van der Waals surface area contributed by atoms with Gasteiger partial charge in [0.25, 0.3) is 11.6 Å². The van der Waals surface area contributed by atoms with Gasteiger partial charge >= 0.3 is 0 Å². The molecule has 27 heavy (non-hydrogen) atoms. The summed E-state index contributed by atoms with van der Waals surface area (Å²) in [5.74, 6) is 0.525. The molecule has 1 N–H and O–H groups in total. The molecule has 0 unspecified atom stereocenters. The maximum Gasteiger partial charge on any atom is 0.284 e. The van der Waals surface area contributed by atoms with Crippen molar-refractivity contribution in [1.82, 2.24) is 5.43 Å². The van der Waals surface area contributed by atoms with Crippen molar-refractivity contribution in [3.63, 3.8) is 0 Å². The van der Waals surface area contributed by atoms with E-state index in [9.17, 15) is 14.9 Å². The first kappa shape index (κ1) is 20.6. The van der Waals surface area contributed by atoms with Crippen LogP contribution < -0.4 is 10.2 Å². The van der Waals surface area contributed by atoms with Gasteiger partial charge in [0.2, 0.25) is 0 Å². The number of nitrogens with zero attached hydrogens (tertiary/aromatic N) is 2. The maximum absolute atomic E-state index is 11.9. The number of hydrazone groups is 1. The Kier molecular flexibility index (Phi) is 7.06. The van der Waals surface area contributed by atoms with Crippen LogP contribution >= 0.6 is 15.9 Å². The summed E-state index contributed by atoms with van der Waals surface area (Å²) in [5.41, 5.74) is 4.84. The van der Waals surface area contributed by atoms with Crippen molar-refractivity contribution >= 4 is 33.7 Å². The number of nitro groups is 1. The Morgan fingerprint density at radius 1 is 1.33 bits per heavy atom. The summed E-state index contributed by atoms with van der Waals surface area (Å²) in [4.78, 5) is 22.4. The van der Waals surface area contributed by atoms with Gasteiger partial charge in [-0.15, -0.1) is 0 Å². The number of aryl methyl sites for hydroxylation is 1. The number of nitro benzene ring substituents is 1. The van der Waals surface area contributed by atoms with Crippen LogP contribution in [0.5, 0.6) is 5.75 Å². The molecule has 142 valence electrons. The Morgan fingerprint density at radius 2 is 2.07 bits per heavy atom. The third-order valence-electron chi connectivity index (χ3n) is 3.72. The average molecular weight is 434 g/mol. The monoisotopic (exact) mass is 433 g/mol. The first-order chi connectivity index (χ1) is 12.8. The number of benzene rings is 2. The highest BCUT2D eigenvalue weighted by Gasteiger charge is 2.12. The van der Waals surface area contributed by atoms with Gasteiger partial charge in [0.1, 0.15) is 5.75 Å². The van der Waals surface area contributed by atoms with Crippen LogP contribution in [0, 0.1) is 17.0 Å². The van der Waals surface area contributed by atoms with Crippen molar-refractivity contribution in [3.05, 3.63) is 67.7 Å². The minimum absolute atomic E-state index is 0.0747. The molecule has 0 radical (unpaired) electrons. The second kappa shape index (κ2) is 9.27. The first-order valence-electron chi connectivity index (χ1n) is 8.27. The molecular formula is C19H20BrN3O4. The topological polar surface area (TPSA) is 93.8 Å². The molecule has 0 aliphatic heterocycles. The van der Waals surface area contributed by atoms with E-state index in [2.05, 4.69) is 40.3 Å². The van der Waals surface area contributed by atoms with Gasteiger partial charge in [0.15, 0.2) is 6.61 Å². The van der Waals surface area contributed by atoms with Crippen LogP contribution in [0.4, 0.5) is 5.69 Å². The van der Waals surface area contributed by atoms with Gasteiger partial charge in [-0.05, 0) is 52.0 Å². The molecule has 2 aromatic carbocycles. The SMILES string of the molecule is Cc1ccc(C(C)C)c(OCC(=O)N/N=C/c2ccc(Br)c([N+](=O)[O-])c2)c1. The Labute approximate surface area is 165 Å². The first-order valence-corrected chi connectivity index (χ1v) is 9.06. The summed E-state index contributed by atoms with van der Waals surface area (Å²) in [5, 5.41) is 14.7. The van der Waals surface area contributed by atoms with Crippen molar-refractivity contribution in [1.29, 1.82) is 0 Å². The number of carbonyl (C=O) groups is 1. The molecule has 0 heterocycles. The number of hydrogen-bond acceptors (Lipinski definition) is 5. The fourth-order valence-corrected chi connectivity index (χ4v) is 2.74. The van der Waals surface area contributed by atoms with E-state index in [0.29, 0.717) is 15.8 Å². The predicted molar refractivity (Wildman–Crippen MR) is 107 cm³/mol. The molecule has 0 aliphatic rings. The Hall–Kier alpha value is -2.74. The summed E-state index contributed by atoms with van der Waals surface area (Å²) < 4.78 is 6.00. The highest BCUT2D eigenvalue weighted by molar-refractivity contribution is 9.10. The number of ether oxygens (including phenoxy) is 1. The minimum Gasteiger partial charge on any atom is -0.483 e. The van der Waals surface area contributed by atoms with Crippen LogP contribution in [0.1, 0.15) is 36.5 Å². The molecule has 0 atom stereocenters. The van der Waals surface area contributed by atoms with Gasteiger partial charge in [-0.1, -0.05) is 32.0 Å². The maximum atomic E-state index is 11.9. The van der Waals surface area contributed by atoms with Gasteiger partial charge in [-0.25, -0.2) is 5.43 Å². The van der Waals surface area contributed by atoms with Crippen LogP contribution in [-0.2, 0) is 4.79 Å². The lowest BCUT2D eigenvalue weighted by Crippen LogP contribution is -2.25. The molecule has 0 spiro atoms. The second-order valence-electron chi connectivity index (χ2n) is 6.25. The number of amides is 1. The summed E-state index contributed by atoms with van der Waals surface area (Å²) in [6.07, 6.45) is 1.34. The summed E-state index contributed by atoms with van der Waals surface area (Å²) in [6, 6.07) is 10.4. The van der Waals surface area contributed by atoms with E-state index in [1.54, 1.807) is 12.1 Å². The molecule has 8 heteroatoms. The van der Waals surface area contributed by atoms with Crippen molar-refractivity contribution in [2.45, 2.75) is 26.7 Å². The van der Waals surface area contributed by atoms with E-state index in [-0.39, 0.29) is 18.2 Å². The van der Waals surface area contributed by atoms with Crippen LogP contribution in [0.3, 0.4) is 0 Å². The number of hydrogen-bond donors (Lipinski definition) is 1. The zero-order valence-electron chi connectivity index (χ0n) is 15.2. The number of carbonyl (C=O) groups excluding carboxylic acids is 1. The number of rotatable bonds is 7. The zero-order valence-corrected chi connectivity index (χ0v) is 16.8. The lowest BCUT2D eigenvalue weighted by molar-refractivity contribution is -0.385.